The molecule has 1 spiro atoms. The van der Waals surface area contributed by atoms with Crippen LogP contribution in [0.15, 0.2) is 42.5 Å². The molecule has 2 aromatic rings. The average molecular weight is 552 g/mol. The van der Waals surface area contributed by atoms with Crippen LogP contribution < -0.4 is 10.6 Å². The monoisotopic (exact) mass is 551 g/mol. The first-order valence-corrected chi connectivity index (χ1v) is 13.0. The predicted molar refractivity (Wildman–Crippen MR) is 142 cm³/mol. The number of nitriles is 1. The molecule has 4 rings (SSSR count). The standard InChI is InChI=1S/C29H31F2N5O4/c1-16(2)11-24(35(4)26(38)17(3)33-25(37)18-9-10-21(30)22(31)12-18)27(39)36-15-29(13-19(36)14-32)20-7-5-6-8-23(20)34-28(29)40/h5-10,12,16-17,19,24H,11,13,15H2,1-4H3,(H,33,37)(H,34,40)/t17-,19-,24-,29-/m0/s1. The average Bonchev–Trinajstić information content (AvgIpc) is 3.45. The van der Waals surface area contributed by atoms with Gasteiger partial charge in [0, 0.05) is 31.3 Å². The highest BCUT2D eigenvalue weighted by Crippen LogP contribution is 2.46. The molecule has 0 saturated carbocycles. The van der Waals surface area contributed by atoms with E-state index in [0.717, 1.165) is 23.8 Å². The number of hydrogen-bond acceptors (Lipinski definition) is 5. The number of fused-ring (bicyclic) bond motifs is 2. The van der Waals surface area contributed by atoms with Crippen LogP contribution >= 0.6 is 0 Å². The predicted octanol–water partition coefficient (Wildman–Crippen LogP) is 2.97. The highest BCUT2D eigenvalue weighted by molar-refractivity contribution is 6.07. The van der Waals surface area contributed by atoms with Gasteiger partial charge in [0.15, 0.2) is 11.6 Å². The second kappa shape index (κ2) is 11.0. The van der Waals surface area contributed by atoms with Crippen molar-refractivity contribution in [3.8, 4) is 6.07 Å². The molecule has 4 amide bonds. The van der Waals surface area contributed by atoms with Crippen molar-refractivity contribution < 1.29 is 28.0 Å². The highest BCUT2D eigenvalue weighted by Gasteiger charge is 2.56. The van der Waals surface area contributed by atoms with Gasteiger partial charge in [0.2, 0.25) is 17.7 Å². The smallest absolute Gasteiger partial charge is 0.252 e. The number of nitrogens with zero attached hydrogens (tertiary/aromatic N) is 3. The maximum absolute atomic E-state index is 14.0. The van der Waals surface area contributed by atoms with Gasteiger partial charge in [-0.05, 0) is 49.1 Å². The number of likely N-dealkylation sites (N-methyl/N-ethyl adjacent to an activating group) is 1. The molecule has 2 N–H and O–H groups in total. The molecule has 210 valence electrons. The summed E-state index contributed by atoms with van der Waals surface area (Å²) < 4.78 is 26.8. The molecule has 1 saturated heterocycles. The first-order chi connectivity index (χ1) is 18.9. The molecule has 0 radical (unpaired) electrons. The zero-order chi connectivity index (χ0) is 29.4. The Labute approximate surface area is 231 Å². The lowest BCUT2D eigenvalue weighted by Gasteiger charge is -2.34. The van der Waals surface area contributed by atoms with Crippen LogP contribution in [0.2, 0.25) is 0 Å². The molecule has 40 heavy (non-hydrogen) atoms. The number of hydrogen-bond donors (Lipinski definition) is 2. The van der Waals surface area contributed by atoms with Crippen LogP contribution in [-0.2, 0) is 19.8 Å². The van der Waals surface area contributed by atoms with Crippen molar-refractivity contribution in [2.75, 3.05) is 18.9 Å². The number of nitrogens with one attached hydrogen (secondary N) is 2. The Bertz CT molecular complexity index is 1410. The Morgan fingerprint density at radius 3 is 2.52 bits per heavy atom. The summed E-state index contributed by atoms with van der Waals surface area (Å²) in [6, 6.07) is 9.04. The maximum Gasteiger partial charge on any atom is 0.252 e. The summed E-state index contributed by atoms with van der Waals surface area (Å²) in [5.74, 6) is -4.41. The minimum Gasteiger partial charge on any atom is -0.341 e. The van der Waals surface area contributed by atoms with Crippen molar-refractivity contribution in [2.24, 2.45) is 5.92 Å². The van der Waals surface area contributed by atoms with Crippen LogP contribution in [0.5, 0.6) is 0 Å². The minimum absolute atomic E-state index is 0.00798. The van der Waals surface area contributed by atoms with Crippen LogP contribution in [-0.4, -0.2) is 65.1 Å². The van der Waals surface area contributed by atoms with Crippen molar-refractivity contribution in [3.63, 3.8) is 0 Å². The molecule has 2 aliphatic heterocycles. The molecule has 2 aromatic carbocycles. The topological polar surface area (TPSA) is 123 Å². The second-order valence-electron chi connectivity index (χ2n) is 10.8. The number of rotatable bonds is 7. The molecule has 1 fully saturated rings. The van der Waals surface area contributed by atoms with Gasteiger partial charge in [0.05, 0.1) is 11.5 Å². The van der Waals surface area contributed by atoms with Crippen LogP contribution in [0.3, 0.4) is 0 Å². The normalized spacial score (nSPS) is 21.0. The first-order valence-electron chi connectivity index (χ1n) is 13.0. The fourth-order valence-corrected chi connectivity index (χ4v) is 5.49. The largest absolute Gasteiger partial charge is 0.341 e. The number of para-hydroxylation sites is 1. The minimum atomic E-state index is -1.19. The summed E-state index contributed by atoms with van der Waals surface area (Å²) in [5, 5.41) is 15.3. The van der Waals surface area contributed by atoms with E-state index in [9.17, 15) is 33.2 Å². The van der Waals surface area contributed by atoms with Gasteiger partial charge in [-0.15, -0.1) is 0 Å². The van der Waals surface area contributed by atoms with Crippen molar-refractivity contribution in [1.29, 1.82) is 5.26 Å². The molecule has 0 aromatic heterocycles. The molecule has 0 bridgehead atoms. The Morgan fingerprint density at radius 1 is 1.18 bits per heavy atom. The number of likely N-dealkylation sites (tertiary alicyclic amines) is 1. The van der Waals surface area contributed by atoms with Gasteiger partial charge in [0.25, 0.3) is 5.91 Å². The van der Waals surface area contributed by atoms with E-state index in [0.29, 0.717) is 5.69 Å². The van der Waals surface area contributed by atoms with Gasteiger partial charge in [0.1, 0.15) is 18.1 Å². The van der Waals surface area contributed by atoms with Gasteiger partial charge in [-0.25, -0.2) is 8.78 Å². The van der Waals surface area contributed by atoms with Crippen molar-refractivity contribution in [2.45, 2.75) is 57.2 Å². The number of carbonyl (C=O) groups excluding carboxylic acids is 4. The van der Waals surface area contributed by atoms with Gasteiger partial charge < -0.3 is 20.4 Å². The lowest BCUT2D eigenvalue weighted by Crippen LogP contribution is -2.55. The molecular formula is C29H31F2N5O4. The Hall–Kier alpha value is -4.33. The maximum atomic E-state index is 14.0. The lowest BCUT2D eigenvalue weighted by atomic mass is 9.80. The van der Waals surface area contributed by atoms with E-state index in [4.69, 9.17) is 0 Å². The van der Waals surface area contributed by atoms with Crippen molar-refractivity contribution in [3.05, 3.63) is 65.2 Å². The summed E-state index contributed by atoms with van der Waals surface area (Å²) in [5.41, 5.74) is 0.151. The molecule has 2 aliphatic rings. The molecule has 0 unspecified atom stereocenters. The van der Waals surface area contributed by atoms with Crippen LogP contribution in [0.1, 0.15) is 49.5 Å². The van der Waals surface area contributed by atoms with E-state index in [1.54, 1.807) is 18.2 Å². The van der Waals surface area contributed by atoms with Crippen LogP contribution in [0.4, 0.5) is 14.5 Å². The van der Waals surface area contributed by atoms with E-state index < -0.39 is 52.9 Å². The van der Waals surface area contributed by atoms with Crippen LogP contribution in [0, 0.1) is 28.9 Å². The summed E-state index contributed by atoms with van der Waals surface area (Å²) in [6.07, 6.45) is 0.403. The third kappa shape index (κ3) is 5.13. The Morgan fingerprint density at radius 2 is 1.88 bits per heavy atom. The molecular weight excluding hydrogens is 520 g/mol. The van der Waals surface area contributed by atoms with Gasteiger partial charge in [-0.2, -0.15) is 5.26 Å². The number of carbonyl (C=O) groups is 4. The summed E-state index contributed by atoms with van der Waals surface area (Å²) in [6.45, 7) is 5.20. The quantitative estimate of drug-likeness (QED) is 0.548. The zero-order valence-electron chi connectivity index (χ0n) is 22.7. The van der Waals surface area contributed by atoms with Crippen molar-refractivity contribution >= 4 is 29.3 Å². The highest BCUT2D eigenvalue weighted by atomic mass is 19.2. The first kappa shape index (κ1) is 28.7. The second-order valence-corrected chi connectivity index (χ2v) is 10.8. The van der Waals surface area contributed by atoms with E-state index in [1.807, 2.05) is 19.9 Å². The molecule has 4 atom stereocenters. The Kier molecular flexibility index (Phi) is 7.91. The molecule has 2 heterocycles. The molecule has 0 aliphatic carbocycles. The Balaban J connectivity index is 1.55. The number of benzene rings is 2. The van der Waals surface area contributed by atoms with Gasteiger partial charge in [-0.3, -0.25) is 19.2 Å². The van der Waals surface area contributed by atoms with E-state index in [2.05, 4.69) is 16.7 Å². The summed E-state index contributed by atoms with van der Waals surface area (Å²) in [7, 11) is 1.44. The molecule has 11 heteroatoms. The van der Waals surface area contributed by atoms with E-state index in [-0.39, 0.29) is 36.8 Å². The third-order valence-electron chi connectivity index (χ3n) is 7.61. The third-order valence-corrected chi connectivity index (χ3v) is 7.61. The van der Waals surface area contributed by atoms with E-state index >= 15 is 0 Å². The van der Waals surface area contributed by atoms with Gasteiger partial charge in [-0.1, -0.05) is 32.0 Å². The van der Waals surface area contributed by atoms with Crippen LogP contribution in [0.25, 0.3) is 0 Å². The number of anilines is 1. The summed E-state index contributed by atoms with van der Waals surface area (Å²) >= 11 is 0. The fourth-order valence-electron chi connectivity index (χ4n) is 5.49. The summed E-state index contributed by atoms with van der Waals surface area (Å²) in [4.78, 5) is 55.6. The lowest BCUT2D eigenvalue weighted by molar-refractivity contribution is -0.146. The van der Waals surface area contributed by atoms with E-state index in [1.165, 1.54) is 23.8 Å². The number of amides is 4. The zero-order valence-corrected chi connectivity index (χ0v) is 22.7. The fraction of sp³-hybridized carbons (Fsp3) is 0.414. The van der Waals surface area contributed by atoms with Crippen molar-refractivity contribution in [1.82, 2.24) is 15.1 Å². The SMILES string of the molecule is CC(C)C[C@@H](C(=O)N1C[C@]2(C[C@H]1C#N)C(=O)Nc1ccccc12)N(C)C(=O)[C@H](C)NC(=O)c1ccc(F)c(F)c1. The number of halogens is 2. The van der Waals surface area contributed by atoms with Gasteiger partial charge >= 0.3 is 0 Å². The molecule has 9 nitrogen and oxygen atoms in total.